The lowest BCUT2D eigenvalue weighted by Gasteiger charge is -2.40. The Bertz CT molecular complexity index is 927. The molecule has 1 saturated heterocycles. The van der Waals surface area contributed by atoms with Gasteiger partial charge in [0.2, 0.25) is 10.0 Å². The molecule has 1 fully saturated rings. The summed E-state index contributed by atoms with van der Waals surface area (Å²) < 4.78 is 33.6. The van der Waals surface area contributed by atoms with E-state index in [2.05, 4.69) is 9.82 Å². The van der Waals surface area contributed by atoms with Crippen LogP contribution in [-0.4, -0.2) is 60.2 Å². The number of piperidine rings is 1. The third-order valence-electron chi connectivity index (χ3n) is 4.80. The van der Waals surface area contributed by atoms with Crippen LogP contribution in [0.4, 0.5) is 4.79 Å². The summed E-state index contributed by atoms with van der Waals surface area (Å²) in [7, 11) is -3.42. The van der Waals surface area contributed by atoms with E-state index < -0.39 is 28.2 Å². The lowest BCUT2D eigenvalue weighted by molar-refractivity contribution is 0.0411. The van der Waals surface area contributed by atoms with Crippen molar-refractivity contribution < 1.29 is 17.9 Å². The smallest absolute Gasteiger partial charge is 0.410 e. The molecule has 0 spiro atoms. The maximum absolute atomic E-state index is 12.6. The van der Waals surface area contributed by atoms with Gasteiger partial charge in [0.25, 0.3) is 0 Å². The number of nitrogens with one attached hydrogen (secondary N) is 1. The number of hydrogen-bond acceptors (Lipinski definition) is 5. The van der Waals surface area contributed by atoms with Gasteiger partial charge in [-0.05, 0) is 32.8 Å². The molecule has 2 heterocycles. The van der Waals surface area contributed by atoms with Gasteiger partial charge in [0, 0.05) is 24.3 Å². The Morgan fingerprint density at radius 2 is 2.00 bits per heavy atom. The molecule has 2 atom stereocenters. The van der Waals surface area contributed by atoms with Gasteiger partial charge in [-0.25, -0.2) is 17.9 Å². The first-order valence-corrected chi connectivity index (χ1v) is 11.7. The first kappa shape index (κ1) is 21.3. The van der Waals surface area contributed by atoms with Crippen LogP contribution in [0.15, 0.2) is 42.6 Å². The summed E-state index contributed by atoms with van der Waals surface area (Å²) in [5.74, 6) is 0. The molecule has 1 amide bonds. The van der Waals surface area contributed by atoms with Gasteiger partial charge in [-0.2, -0.15) is 5.10 Å². The van der Waals surface area contributed by atoms with E-state index in [-0.39, 0.29) is 6.10 Å². The monoisotopic (exact) mass is 420 g/mol. The molecule has 8 nitrogen and oxygen atoms in total. The van der Waals surface area contributed by atoms with Crippen molar-refractivity contribution in [1.29, 1.82) is 0 Å². The molecule has 1 aromatic carbocycles. The number of amides is 1. The number of aromatic nitrogens is 2. The van der Waals surface area contributed by atoms with Crippen molar-refractivity contribution >= 4 is 16.1 Å². The molecule has 1 aromatic heterocycles. The maximum Gasteiger partial charge on any atom is 0.410 e. The van der Waals surface area contributed by atoms with Crippen molar-refractivity contribution in [3.8, 4) is 11.3 Å². The van der Waals surface area contributed by atoms with Crippen LogP contribution in [0.2, 0.25) is 0 Å². The van der Waals surface area contributed by atoms with Crippen LogP contribution in [-0.2, 0) is 21.3 Å². The zero-order valence-corrected chi connectivity index (χ0v) is 17.8. The van der Waals surface area contributed by atoms with Gasteiger partial charge < -0.3 is 9.64 Å². The molecular weight excluding hydrogens is 392 g/mol. The molecule has 1 aliphatic rings. The van der Waals surface area contributed by atoms with Gasteiger partial charge in [0.15, 0.2) is 0 Å². The average Bonchev–Trinajstić information content (AvgIpc) is 3.10. The number of rotatable bonds is 6. The van der Waals surface area contributed by atoms with E-state index in [0.29, 0.717) is 25.9 Å². The Hall–Kier alpha value is -2.39. The van der Waals surface area contributed by atoms with Crippen molar-refractivity contribution in [3.05, 3.63) is 42.6 Å². The Morgan fingerprint density at radius 3 is 2.66 bits per heavy atom. The van der Waals surface area contributed by atoms with E-state index in [0.717, 1.165) is 17.5 Å². The summed E-state index contributed by atoms with van der Waals surface area (Å²) in [5, 5.41) is 4.62. The van der Waals surface area contributed by atoms with Crippen molar-refractivity contribution in [2.75, 3.05) is 12.8 Å². The molecular formula is C20H28N4O4S. The summed E-state index contributed by atoms with van der Waals surface area (Å²) in [6, 6.07) is 10.9. The molecule has 1 aliphatic heterocycles. The van der Waals surface area contributed by atoms with Crippen LogP contribution >= 0.6 is 0 Å². The molecule has 3 rings (SSSR count). The topological polar surface area (TPSA) is 93.5 Å². The van der Waals surface area contributed by atoms with Crippen LogP contribution in [0.3, 0.4) is 0 Å². The fraction of sp³-hybridized carbons (Fsp3) is 0.500. The van der Waals surface area contributed by atoms with Crippen molar-refractivity contribution in [2.45, 2.75) is 51.4 Å². The minimum absolute atomic E-state index is 0.249. The van der Waals surface area contributed by atoms with Crippen LogP contribution in [0.1, 0.15) is 26.7 Å². The molecule has 0 unspecified atom stereocenters. The third kappa shape index (κ3) is 5.80. The fourth-order valence-electron chi connectivity index (χ4n) is 3.61. The Labute approximate surface area is 171 Å². The van der Waals surface area contributed by atoms with E-state index in [9.17, 15) is 13.2 Å². The highest BCUT2D eigenvalue weighted by molar-refractivity contribution is 7.88. The van der Waals surface area contributed by atoms with E-state index >= 15 is 0 Å². The van der Waals surface area contributed by atoms with Gasteiger partial charge in [-0.3, -0.25) is 4.68 Å². The zero-order chi connectivity index (χ0) is 21.0. The number of carbonyl (C=O) groups excluding carboxylic acids is 1. The summed E-state index contributed by atoms with van der Waals surface area (Å²) in [5.41, 5.74) is 1.82. The van der Waals surface area contributed by atoms with Gasteiger partial charge in [-0.15, -0.1) is 0 Å². The van der Waals surface area contributed by atoms with E-state index in [1.807, 2.05) is 42.6 Å². The zero-order valence-electron chi connectivity index (χ0n) is 17.0. The largest absolute Gasteiger partial charge is 0.447 e. The maximum atomic E-state index is 12.6. The summed E-state index contributed by atoms with van der Waals surface area (Å²) >= 11 is 0. The second-order valence-electron chi connectivity index (χ2n) is 7.62. The van der Waals surface area contributed by atoms with E-state index in [1.54, 1.807) is 23.4 Å². The number of ether oxygens (including phenoxy) is 1. The van der Waals surface area contributed by atoms with Crippen molar-refractivity contribution in [1.82, 2.24) is 19.4 Å². The fourth-order valence-corrected chi connectivity index (χ4v) is 4.43. The number of sulfonamides is 1. The highest BCUT2D eigenvalue weighted by Gasteiger charge is 2.37. The van der Waals surface area contributed by atoms with Crippen molar-refractivity contribution in [3.63, 3.8) is 0 Å². The SMILES string of the molecule is CC(C)OC(=O)N1CCC[C@@H](NS(C)(=O)=O)[C@H]1Cn1ccc(-c2ccccc2)n1. The summed E-state index contributed by atoms with van der Waals surface area (Å²) in [6.45, 7) is 4.48. The Morgan fingerprint density at radius 1 is 1.28 bits per heavy atom. The van der Waals surface area contributed by atoms with E-state index in [4.69, 9.17) is 4.74 Å². The van der Waals surface area contributed by atoms with Crippen LogP contribution in [0, 0.1) is 0 Å². The van der Waals surface area contributed by atoms with Gasteiger partial charge in [-0.1, -0.05) is 30.3 Å². The summed E-state index contributed by atoms with van der Waals surface area (Å²) in [6.07, 6.45) is 3.65. The minimum atomic E-state index is -3.42. The van der Waals surface area contributed by atoms with Crippen LogP contribution in [0.25, 0.3) is 11.3 Å². The molecule has 29 heavy (non-hydrogen) atoms. The van der Waals surface area contributed by atoms with Gasteiger partial charge in [0.1, 0.15) is 0 Å². The number of carbonyl (C=O) groups is 1. The molecule has 1 N–H and O–H groups in total. The lowest BCUT2D eigenvalue weighted by atomic mass is 9.97. The van der Waals surface area contributed by atoms with Crippen LogP contribution in [0.5, 0.6) is 0 Å². The van der Waals surface area contributed by atoms with Crippen molar-refractivity contribution in [2.24, 2.45) is 0 Å². The highest BCUT2D eigenvalue weighted by atomic mass is 32.2. The normalized spacial score (nSPS) is 20.1. The standard InChI is InChI=1S/C20H28N4O4S/c1-15(2)28-20(25)24-12-7-10-18(22-29(3,26)27)19(24)14-23-13-11-17(21-23)16-8-5-4-6-9-16/h4-6,8-9,11,13,15,18-19,22H,7,10,12,14H2,1-3H3/t18-,19-/m1/s1. The third-order valence-corrected chi connectivity index (χ3v) is 5.53. The molecule has 0 bridgehead atoms. The highest BCUT2D eigenvalue weighted by Crippen LogP contribution is 2.23. The molecule has 0 aliphatic carbocycles. The Balaban J connectivity index is 1.84. The lowest BCUT2D eigenvalue weighted by Crippen LogP contribution is -2.58. The first-order valence-electron chi connectivity index (χ1n) is 9.76. The minimum Gasteiger partial charge on any atom is -0.447 e. The first-order chi connectivity index (χ1) is 13.7. The second kappa shape index (κ2) is 8.96. The molecule has 0 saturated carbocycles. The number of benzene rings is 1. The quantitative estimate of drug-likeness (QED) is 0.775. The molecule has 2 aromatic rings. The summed E-state index contributed by atoms with van der Waals surface area (Å²) in [4.78, 5) is 14.3. The van der Waals surface area contributed by atoms with Gasteiger partial charge >= 0.3 is 6.09 Å². The number of likely N-dealkylation sites (tertiary alicyclic amines) is 1. The van der Waals surface area contributed by atoms with E-state index in [1.165, 1.54) is 0 Å². The second-order valence-corrected chi connectivity index (χ2v) is 9.40. The average molecular weight is 421 g/mol. The number of nitrogens with zero attached hydrogens (tertiary/aromatic N) is 3. The Kier molecular flexibility index (Phi) is 6.59. The predicted octanol–water partition coefficient (Wildman–Crippen LogP) is 2.48. The predicted molar refractivity (Wildman–Crippen MR) is 111 cm³/mol. The molecule has 0 radical (unpaired) electrons. The molecule has 9 heteroatoms. The number of hydrogen-bond donors (Lipinski definition) is 1. The molecule has 158 valence electrons. The van der Waals surface area contributed by atoms with Gasteiger partial charge in [0.05, 0.1) is 30.6 Å². The van der Waals surface area contributed by atoms with Crippen LogP contribution < -0.4 is 4.72 Å².